The van der Waals surface area contributed by atoms with Gasteiger partial charge in [-0.15, -0.1) is 11.3 Å². The smallest absolute Gasteiger partial charge is 0.264 e. The first kappa shape index (κ1) is 35.2. The highest BCUT2D eigenvalue weighted by Gasteiger charge is 2.52. The summed E-state index contributed by atoms with van der Waals surface area (Å²) in [5.74, 6) is 0. The van der Waals surface area contributed by atoms with Crippen molar-refractivity contribution < 1.29 is 0 Å². The minimum atomic E-state index is -0.398. The fourth-order valence-corrected chi connectivity index (χ4v) is 13.5. The molecule has 1 aromatic heterocycles. The summed E-state index contributed by atoms with van der Waals surface area (Å²) >= 11 is 1.99. The van der Waals surface area contributed by atoms with Gasteiger partial charge in [-0.05, 0) is 146 Å². The summed E-state index contributed by atoms with van der Waals surface area (Å²) < 4.78 is 2.71. The molecule has 2 aliphatic heterocycles. The van der Waals surface area contributed by atoms with E-state index in [-0.39, 0.29) is 6.71 Å². The van der Waals surface area contributed by atoms with Crippen LogP contribution >= 0.6 is 11.3 Å². The molecule has 0 bridgehead atoms. The van der Waals surface area contributed by atoms with Crippen molar-refractivity contribution in [2.24, 2.45) is 0 Å². The number of fused-ring (bicyclic) bond motifs is 16. The Morgan fingerprint density at radius 1 is 0.444 bits per heavy atom. The van der Waals surface area contributed by atoms with Crippen molar-refractivity contribution in [3.05, 3.63) is 234 Å². The Morgan fingerprint density at radius 2 is 0.984 bits per heavy atom. The topological polar surface area (TPSA) is 6.48 Å². The first-order valence-corrected chi connectivity index (χ1v) is 22.9. The highest BCUT2D eigenvalue weighted by Crippen LogP contribution is 2.64. The quantitative estimate of drug-likeness (QED) is 0.164. The Hall–Kier alpha value is -7.40. The van der Waals surface area contributed by atoms with Gasteiger partial charge in [-0.1, -0.05) is 146 Å². The second kappa shape index (κ2) is 12.8. The number of rotatable bonds is 3. The number of hydrogen-bond donors (Lipinski definition) is 0. The van der Waals surface area contributed by atoms with Gasteiger partial charge in [-0.2, -0.15) is 0 Å². The maximum absolute atomic E-state index is 2.59. The molecule has 9 aromatic carbocycles. The van der Waals surface area contributed by atoms with E-state index in [2.05, 4.69) is 224 Å². The minimum absolute atomic E-state index is 0.0366. The lowest BCUT2D eigenvalue weighted by Gasteiger charge is -2.43. The zero-order valence-corrected chi connectivity index (χ0v) is 35.7. The molecule has 1 spiro atoms. The van der Waals surface area contributed by atoms with Crippen LogP contribution in [0.2, 0.25) is 0 Å². The average molecular weight is 819 g/mol. The van der Waals surface area contributed by atoms with Gasteiger partial charge in [0.25, 0.3) is 6.71 Å². The zero-order chi connectivity index (χ0) is 41.6. The molecule has 14 rings (SSSR count). The van der Waals surface area contributed by atoms with Crippen molar-refractivity contribution in [1.82, 2.24) is 0 Å². The Bertz CT molecular complexity index is 3500. The molecule has 0 fully saturated rings. The van der Waals surface area contributed by atoms with Crippen molar-refractivity contribution in [1.29, 1.82) is 0 Å². The van der Waals surface area contributed by atoms with E-state index >= 15 is 0 Å². The molecular formula is C59H39BN2S. The number of benzene rings is 9. The molecule has 0 radical (unpaired) electrons. The minimum Gasteiger partial charge on any atom is -0.311 e. The maximum Gasteiger partial charge on any atom is 0.264 e. The SMILES string of the molecule is Cc1cccc(C)c1-c1ccc2c(c1)N(c1ccccc1)c1cccc3c1B2c1sc2cc4c(cc2c1N3c1ccccc1)-c1ccccc1C41c2ccccc2-c2ccccc21. The van der Waals surface area contributed by atoms with E-state index in [0.717, 1.165) is 5.69 Å². The molecule has 0 unspecified atom stereocenters. The van der Waals surface area contributed by atoms with E-state index in [1.54, 1.807) is 0 Å². The maximum atomic E-state index is 2.59. The zero-order valence-electron chi connectivity index (χ0n) is 34.9. The number of para-hydroxylation sites is 2. The van der Waals surface area contributed by atoms with Crippen LogP contribution in [-0.2, 0) is 5.41 Å². The molecule has 0 saturated carbocycles. The van der Waals surface area contributed by atoms with E-state index in [4.69, 9.17) is 0 Å². The van der Waals surface area contributed by atoms with E-state index < -0.39 is 5.41 Å². The van der Waals surface area contributed by atoms with Gasteiger partial charge in [0, 0.05) is 43.3 Å². The van der Waals surface area contributed by atoms with Gasteiger partial charge < -0.3 is 9.80 Å². The van der Waals surface area contributed by atoms with Crippen LogP contribution in [0, 0.1) is 13.8 Å². The molecule has 0 saturated heterocycles. The Kier molecular flexibility index (Phi) is 7.17. The molecule has 0 atom stereocenters. The van der Waals surface area contributed by atoms with Crippen molar-refractivity contribution in [2.45, 2.75) is 19.3 Å². The second-order valence-corrected chi connectivity index (χ2v) is 18.7. The van der Waals surface area contributed by atoms with Gasteiger partial charge in [-0.25, -0.2) is 0 Å². The number of aryl methyl sites for hydroxylation is 2. The van der Waals surface area contributed by atoms with Gasteiger partial charge in [0.05, 0.1) is 11.1 Å². The molecule has 294 valence electrons. The molecule has 4 heteroatoms. The lowest BCUT2D eigenvalue weighted by Crippen LogP contribution is -2.60. The molecule has 63 heavy (non-hydrogen) atoms. The molecule has 4 aliphatic rings. The van der Waals surface area contributed by atoms with Crippen molar-refractivity contribution in [3.63, 3.8) is 0 Å². The second-order valence-electron chi connectivity index (χ2n) is 17.6. The normalized spacial score (nSPS) is 14.2. The van der Waals surface area contributed by atoms with Gasteiger partial charge in [-0.3, -0.25) is 0 Å². The van der Waals surface area contributed by atoms with E-state index in [0.29, 0.717) is 0 Å². The molecule has 0 N–H and O–H groups in total. The lowest BCUT2D eigenvalue weighted by molar-refractivity contribution is 0.795. The summed E-state index contributed by atoms with van der Waals surface area (Å²) in [6.07, 6.45) is 0. The van der Waals surface area contributed by atoms with Crippen LogP contribution in [0.3, 0.4) is 0 Å². The monoisotopic (exact) mass is 818 g/mol. The molecule has 0 amide bonds. The van der Waals surface area contributed by atoms with Crippen molar-refractivity contribution >= 4 is 78.0 Å². The summed E-state index contributed by atoms with van der Waals surface area (Å²) in [6, 6.07) is 75.5. The first-order valence-electron chi connectivity index (χ1n) is 22.1. The first-order chi connectivity index (χ1) is 31.1. The molecule has 3 heterocycles. The predicted octanol–water partition coefficient (Wildman–Crippen LogP) is 13.6. The van der Waals surface area contributed by atoms with Crippen LogP contribution in [-0.4, -0.2) is 6.71 Å². The molecule has 10 aromatic rings. The predicted molar refractivity (Wildman–Crippen MR) is 267 cm³/mol. The summed E-state index contributed by atoms with van der Waals surface area (Å²) in [5, 5.41) is 1.30. The van der Waals surface area contributed by atoms with Gasteiger partial charge in [0.1, 0.15) is 0 Å². The Labute approximate surface area is 372 Å². The summed E-state index contributed by atoms with van der Waals surface area (Å²) in [5.41, 5.74) is 25.6. The van der Waals surface area contributed by atoms with Crippen molar-refractivity contribution in [3.8, 4) is 33.4 Å². The molecular weight excluding hydrogens is 780 g/mol. The van der Waals surface area contributed by atoms with Gasteiger partial charge in [0.2, 0.25) is 0 Å². The van der Waals surface area contributed by atoms with E-state index in [1.165, 1.54) is 121 Å². The third-order valence-corrected chi connectivity index (χ3v) is 15.7. The molecule has 2 nitrogen and oxygen atoms in total. The van der Waals surface area contributed by atoms with Crippen LogP contribution in [0.1, 0.15) is 33.4 Å². The van der Waals surface area contributed by atoms with E-state index in [1.807, 2.05) is 11.3 Å². The summed E-state index contributed by atoms with van der Waals surface area (Å²) in [4.78, 5) is 5.10. The Morgan fingerprint density at radius 3 is 1.62 bits per heavy atom. The number of hydrogen-bond acceptors (Lipinski definition) is 3. The van der Waals surface area contributed by atoms with Gasteiger partial charge >= 0.3 is 0 Å². The van der Waals surface area contributed by atoms with Crippen LogP contribution in [0.4, 0.5) is 34.1 Å². The highest BCUT2D eigenvalue weighted by molar-refractivity contribution is 7.33. The number of nitrogens with zero attached hydrogens (tertiary/aromatic N) is 2. The van der Waals surface area contributed by atoms with Crippen LogP contribution in [0.15, 0.2) is 200 Å². The fraction of sp³-hybridized carbons (Fsp3) is 0.0508. The van der Waals surface area contributed by atoms with Crippen molar-refractivity contribution in [2.75, 3.05) is 9.80 Å². The largest absolute Gasteiger partial charge is 0.311 e. The molecule has 2 aliphatic carbocycles. The fourth-order valence-electron chi connectivity index (χ4n) is 12.1. The number of thiophene rings is 1. The number of anilines is 6. The Balaban J connectivity index is 1.09. The average Bonchev–Trinajstić information content (AvgIpc) is 3.95. The standard InChI is InChI=1S/C59H39BN2S/c1-36-17-15-18-37(2)55(36)38-31-32-50-53(33-38)61(39-19-5-3-6-20-39)51-29-16-30-52-56(51)60(50)58-57(62(52)40-21-7-4-8-22-40)45-34-44-43-25-11-14-28-48(43)59(49(44)35-54(45)63-58)46-26-12-9-23-41(46)42-24-10-13-27-47(42)59/h3-35H,1-2H3. The van der Waals surface area contributed by atoms with Gasteiger partial charge in [0.15, 0.2) is 0 Å². The third kappa shape index (κ3) is 4.53. The highest BCUT2D eigenvalue weighted by atomic mass is 32.1. The summed E-state index contributed by atoms with van der Waals surface area (Å²) in [7, 11) is 0. The van der Waals surface area contributed by atoms with Crippen LogP contribution < -0.4 is 25.5 Å². The summed E-state index contributed by atoms with van der Waals surface area (Å²) in [6.45, 7) is 4.52. The van der Waals surface area contributed by atoms with Crippen LogP contribution in [0.25, 0.3) is 43.5 Å². The van der Waals surface area contributed by atoms with Crippen LogP contribution in [0.5, 0.6) is 0 Å². The van der Waals surface area contributed by atoms with E-state index in [9.17, 15) is 0 Å². The third-order valence-electron chi connectivity index (χ3n) is 14.5. The lowest BCUT2D eigenvalue weighted by atomic mass is 9.36.